The standard InChI is InChI=1S/C19H25N5O4/c1-12(25)13-4-6-14(7-5-13)22-19(28)24-10-9-20-16(11-24)18(27)23-15-3-2-8-21-17(15)26/h4-7,15-16,20H,2-3,8-11H2,1H3,(H,21,26)(H,22,28)(H,23,27)/p+1/t15-,16+/m0/s1. The lowest BCUT2D eigenvalue weighted by molar-refractivity contribution is -0.684. The molecule has 2 aliphatic rings. The van der Waals surface area contributed by atoms with Crippen LogP contribution in [0.25, 0.3) is 0 Å². The van der Waals surface area contributed by atoms with Crippen LogP contribution in [-0.4, -0.2) is 66.8 Å². The van der Waals surface area contributed by atoms with Crippen LogP contribution in [0.2, 0.25) is 0 Å². The second-order valence-electron chi connectivity index (χ2n) is 7.14. The van der Waals surface area contributed by atoms with Crippen molar-refractivity contribution in [3.63, 3.8) is 0 Å². The zero-order valence-corrected chi connectivity index (χ0v) is 15.9. The lowest BCUT2D eigenvalue weighted by Gasteiger charge is -2.31. The number of urea groups is 1. The number of hydrogen-bond donors (Lipinski definition) is 4. The lowest BCUT2D eigenvalue weighted by Crippen LogP contribution is -2.98. The van der Waals surface area contributed by atoms with Gasteiger partial charge < -0.3 is 26.2 Å². The minimum Gasteiger partial charge on any atom is -0.354 e. The first-order valence-electron chi connectivity index (χ1n) is 9.52. The number of hydrogen-bond acceptors (Lipinski definition) is 4. The van der Waals surface area contributed by atoms with E-state index in [-0.39, 0.29) is 30.2 Å². The number of benzene rings is 1. The first-order valence-corrected chi connectivity index (χ1v) is 9.52. The van der Waals surface area contributed by atoms with E-state index < -0.39 is 12.1 Å². The summed E-state index contributed by atoms with van der Waals surface area (Å²) in [5, 5.41) is 10.2. The van der Waals surface area contributed by atoms with Gasteiger partial charge in [-0.2, -0.15) is 0 Å². The van der Waals surface area contributed by atoms with Crippen molar-refractivity contribution in [3.8, 4) is 0 Å². The van der Waals surface area contributed by atoms with Gasteiger partial charge in [-0.1, -0.05) is 0 Å². The molecule has 5 N–H and O–H groups in total. The summed E-state index contributed by atoms with van der Waals surface area (Å²) >= 11 is 0. The first-order chi connectivity index (χ1) is 13.4. The largest absolute Gasteiger partial charge is 0.354 e. The zero-order valence-electron chi connectivity index (χ0n) is 15.9. The van der Waals surface area contributed by atoms with Crippen LogP contribution in [0.1, 0.15) is 30.1 Å². The van der Waals surface area contributed by atoms with Gasteiger partial charge in [-0.05, 0) is 44.0 Å². The third-order valence-corrected chi connectivity index (χ3v) is 5.04. The van der Waals surface area contributed by atoms with Crippen LogP contribution in [0.4, 0.5) is 10.5 Å². The molecular formula is C19H26N5O4+. The molecule has 0 spiro atoms. The van der Waals surface area contributed by atoms with E-state index in [0.717, 1.165) is 6.42 Å². The maximum atomic E-state index is 12.5. The van der Waals surface area contributed by atoms with E-state index in [1.54, 1.807) is 29.2 Å². The normalized spacial score (nSPS) is 22.2. The number of ketones is 1. The molecule has 1 aromatic rings. The molecule has 2 heterocycles. The molecule has 2 aliphatic heterocycles. The number of nitrogens with one attached hydrogen (secondary N) is 3. The van der Waals surface area contributed by atoms with Gasteiger partial charge in [0.15, 0.2) is 11.8 Å². The molecule has 150 valence electrons. The summed E-state index contributed by atoms with van der Waals surface area (Å²) in [4.78, 5) is 49.8. The van der Waals surface area contributed by atoms with Gasteiger partial charge in [0.05, 0.1) is 19.6 Å². The number of nitrogens with two attached hydrogens (primary N) is 1. The van der Waals surface area contributed by atoms with Gasteiger partial charge in [0.2, 0.25) is 5.91 Å². The molecule has 0 aliphatic carbocycles. The van der Waals surface area contributed by atoms with Crippen molar-refractivity contribution in [2.24, 2.45) is 0 Å². The summed E-state index contributed by atoms with van der Waals surface area (Å²) in [6.07, 6.45) is 1.47. The number of piperidine rings is 1. The Labute approximate surface area is 163 Å². The molecular weight excluding hydrogens is 362 g/mol. The third-order valence-electron chi connectivity index (χ3n) is 5.04. The SMILES string of the molecule is CC(=O)c1ccc(NC(=O)N2CC[NH2+][C@@H](C(=O)N[C@H]3CCCNC3=O)C2)cc1. The molecule has 9 heteroatoms. The minimum absolute atomic E-state index is 0.0371. The van der Waals surface area contributed by atoms with E-state index >= 15 is 0 Å². The van der Waals surface area contributed by atoms with Crippen molar-refractivity contribution in [3.05, 3.63) is 29.8 Å². The lowest BCUT2D eigenvalue weighted by atomic mass is 10.1. The Morgan fingerprint density at radius 1 is 1.21 bits per heavy atom. The fourth-order valence-electron chi connectivity index (χ4n) is 3.39. The summed E-state index contributed by atoms with van der Waals surface area (Å²) in [6, 6.07) is 5.43. The topological polar surface area (TPSA) is 124 Å². The van der Waals surface area contributed by atoms with Crippen LogP contribution in [0.15, 0.2) is 24.3 Å². The van der Waals surface area contributed by atoms with E-state index in [1.165, 1.54) is 6.92 Å². The van der Waals surface area contributed by atoms with Crippen LogP contribution in [0.3, 0.4) is 0 Å². The Balaban J connectivity index is 1.54. The molecule has 1 aromatic carbocycles. The molecule has 2 atom stereocenters. The van der Waals surface area contributed by atoms with Crippen molar-refractivity contribution < 1.29 is 24.5 Å². The fraction of sp³-hybridized carbons (Fsp3) is 0.474. The van der Waals surface area contributed by atoms with Crippen LogP contribution in [0, 0.1) is 0 Å². The quantitative estimate of drug-likeness (QED) is 0.497. The molecule has 0 aromatic heterocycles. The molecule has 4 amide bonds. The van der Waals surface area contributed by atoms with Crippen LogP contribution >= 0.6 is 0 Å². The predicted molar refractivity (Wildman–Crippen MR) is 102 cm³/mol. The Kier molecular flexibility index (Phi) is 6.25. The Hall–Kier alpha value is -2.94. The van der Waals surface area contributed by atoms with E-state index in [9.17, 15) is 19.2 Å². The number of quaternary nitrogens is 1. The van der Waals surface area contributed by atoms with E-state index in [1.807, 2.05) is 5.32 Å². The molecule has 28 heavy (non-hydrogen) atoms. The van der Waals surface area contributed by atoms with E-state index in [0.29, 0.717) is 37.3 Å². The van der Waals surface area contributed by atoms with Gasteiger partial charge in [-0.25, -0.2) is 4.79 Å². The van der Waals surface area contributed by atoms with Gasteiger partial charge in [0.1, 0.15) is 6.04 Å². The minimum atomic E-state index is -0.501. The average Bonchev–Trinajstić information content (AvgIpc) is 2.70. The highest BCUT2D eigenvalue weighted by Gasteiger charge is 2.34. The number of nitrogens with zero attached hydrogens (tertiary/aromatic N) is 1. The van der Waals surface area contributed by atoms with Crippen molar-refractivity contribution in [2.45, 2.75) is 31.8 Å². The summed E-state index contributed by atoms with van der Waals surface area (Å²) in [6.45, 7) is 3.51. The summed E-state index contributed by atoms with van der Waals surface area (Å²) in [5.74, 6) is -0.422. The molecule has 0 unspecified atom stereocenters. The van der Waals surface area contributed by atoms with E-state index in [2.05, 4.69) is 16.0 Å². The monoisotopic (exact) mass is 388 g/mol. The van der Waals surface area contributed by atoms with Gasteiger partial charge in [-0.3, -0.25) is 14.4 Å². The number of rotatable bonds is 4. The number of amides is 4. The van der Waals surface area contributed by atoms with Crippen molar-refractivity contribution >= 4 is 29.3 Å². The first kappa shape index (κ1) is 19.8. The third kappa shape index (κ3) is 4.86. The van der Waals surface area contributed by atoms with Crippen molar-refractivity contribution in [1.29, 1.82) is 0 Å². The Morgan fingerprint density at radius 3 is 2.64 bits per heavy atom. The highest BCUT2D eigenvalue weighted by Crippen LogP contribution is 2.11. The zero-order chi connectivity index (χ0) is 20.1. The number of Topliss-reactive ketones (excluding diaryl/α,β-unsaturated/α-hetero) is 1. The molecule has 0 saturated carbocycles. The Morgan fingerprint density at radius 2 is 1.96 bits per heavy atom. The highest BCUT2D eigenvalue weighted by atomic mass is 16.2. The van der Waals surface area contributed by atoms with Crippen molar-refractivity contribution in [2.75, 3.05) is 31.5 Å². The molecule has 2 fully saturated rings. The van der Waals surface area contributed by atoms with Crippen LogP contribution < -0.4 is 21.3 Å². The number of piperazine rings is 1. The number of carbonyl (C=O) groups excluding carboxylic acids is 4. The predicted octanol–water partition coefficient (Wildman–Crippen LogP) is -0.936. The molecule has 9 nitrogen and oxygen atoms in total. The second-order valence-corrected chi connectivity index (χ2v) is 7.14. The molecule has 3 rings (SSSR count). The van der Waals surface area contributed by atoms with Crippen LogP contribution in [-0.2, 0) is 9.59 Å². The smallest absolute Gasteiger partial charge is 0.322 e. The fourth-order valence-corrected chi connectivity index (χ4v) is 3.39. The average molecular weight is 388 g/mol. The molecule has 0 bridgehead atoms. The van der Waals surface area contributed by atoms with Gasteiger partial charge in [0, 0.05) is 17.8 Å². The van der Waals surface area contributed by atoms with Gasteiger partial charge in [0.25, 0.3) is 5.91 Å². The molecule has 2 saturated heterocycles. The highest BCUT2D eigenvalue weighted by molar-refractivity contribution is 5.95. The summed E-state index contributed by atoms with van der Waals surface area (Å²) in [5.41, 5.74) is 1.17. The number of carbonyl (C=O) groups is 4. The molecule has 0 radical (unpaired) electrons. The second kappa shape index (κ2) is 8.83. The summed E-state index contributed by atoms with van der Waals surface area (Å²) < 4.78 is 0. The maximum absolute atomic E-state index is 12.5. The number of anilines is 1. The van der Waals surface area contributed by atoms with Gasteiger partial charge >= 0.3 is 6.03 Å². The van der Waals surface area contributed by atoms with E-state index in [4.69, 9.17) is 0 Å². The van der Waals surface area contributed by atoms with Crippen molar-refractivity contribution in [1.82, 2.24) is 15.5 Å². The van der Waals surface area contributed by atoms with Crippen LogP contribution in [0.5, 0.6) is 0 Å². The van der Waals surface area contributed by atoms with Gasteiger partial charge in [-0.15, -0.1) is 0 Å². The maximum Gasteiger partial charge on any atom is 0.322 e. The Bertz CT molecular complexity index is 764. The summed E-state index contributed by atoms with van der Waals surface area (Å²) in [7, 11) is 0.